The van der Waals surface area contributed by atoms with E-state index in [0.29, 0.717) is 0 Å². The molecule has 114 valence electrons. The molecule has 0 saturated heterocycles. The summed E-state index contributed by atoms with van der Waals surface area (Å²) in [4.78, 5) is 8.57. The molecule has 0 amide bonds. The number of aromatic nitrogens is 2. The maximum atomic E-state index is 4.32. The summed E-state index contributed by atoms with van der Waals surface area (Å²) in [6.45, 7) is 10.6. The molecule has 0 aliphatic rings. The number of rotatable bonds is 10. The molecule has 0 bridgehead atoms. The van der Waals surface area contributed by atoms with Crippen molar-refractivity contribution in [2.24, 2.45) is 5.92 Å². The van der Waals surface area contributed by atoms with Crippen LogP contribution in [-0.2, 0) is 0 Å². The second-order valence-corrected chi connectivity index (χ2v) is 5.75. The zero-order chi connectivity index (χ0) is 14.8. The van der Waals surface area contributed by atoms with E-state index < -0.39 is 0 Å². The van der Waals surface area contributed by atoms with Crippen molar-refractivity contribution >= 4 is 11.6 Å². The highest BCUT2D eigenvalue weighted by Gasteiger charge is 2.05. The van der Waals surface area contributed by atoms with Crippen LogP contribution in [0.15, 0.2) is 6.33 Å². The zero-order valence-corrected chi connectivity index (χ0v) is 13.5. The molecule has 1 aromatic rings. The minimum Gasteiger partial charge on any atom is -0.370 e. The van der Waals surface area contributed by atoms with Gasteiger partial charge in [0, 0.05) is 18.7 Å². The maximum absolute atomic E-state index is 4.32. The minimum atomic E-state index is 0.835. The van der Waals surface area contributed by atoms with Gasteiger partial charge in [0.15, 0.2) is 0 Å². The van der Waals surface area contributed by atoms with Gasteiger partial charge >= 0.3 is 0 Å². The second-order valence-electron chi connectivity index (χ2n) is 5.75. The molecule has 20 heavy (non-hydrogen) atoms. The van der Waals surface area contributed by atoms with Gasteiger partial charge in [0.1, 0.15) is 18.0 Å². The number of nitrogens with zero attached hydrogens (tertiary/aromatic N) is 2. The molecular formula is C16H30N4. The molecule has 0 unspecified atom stereocenters. The summed E-state index contributed by atoms with van der Waals surface area (Å²) in [5, 5.41) is 6.67. The Morgan fingerprint density at radius 3 is 2.30 bits per heavy atom. The number of anilines is 2. The summed E-state index contributed by atoms with van der Waals surface area (Å²) in [7, 11) is 0. The van der Waals surface area contributed by atoms with Crippen LogP contribution < -0.4 is 10.6 Å². The molecule has 0 radical (unpaired) electrons. The van der Waals surface area contributed by atoms with Crippen molar-refractivity contribution in [3.05, 3.63) is 11.9 Å². The highest BCUT2D eigenvalue weighted by atomic mass is 15.1. The smallest absolute Gasteiger partial charge is 0.134 e. The Hall–Kier alpha value is -1.32. The first-order valence-electron chi connectivity index (χ1n) is 7.94. The molecule has 1 rings (SSSR count). The van der Waals surface area contributed by atoms with Crippen LogP contribution in [0.2, 0.25) is 0 Å². The normalized spacial score (nSPS) is 10.8. The number of nitrogens with one attached hydrogen (secondary N) is 2. The zero-order valence-electron chi connectivity index (χ0n) is 13.5. The number of hydrogen-bond donors (Lipinski definition) is 2. The van der Waals surface area contributed by atoms with Crippen LogP contribution in [0.1, 0.15) is 58.4 Å². The van der Waals surface area contributed by atoms with Crippen LogP contribution in [0.25, 0.3) is 0 Å². The summed E-state index contributed by atoms with van der Waals surface area (Å²) >= 11 is 0. The Balaban J connectivity index is 2.23. The third-order valence-electron chi connectivity index (χ3n) is 3.43. The summed E-state index contributed by atoms with van der Waals surface area (Å²) in [5.74, 6) is 2.72. The predicted molar refractivity (Wildman–Crippen MR) is 87.3 cm³/mol. The van der Waals surface area contributed by atoms with E-state index in [0.717, 1.165) is 36.2 Å². The average molecular weight is 278 g/mol. The van der Waals surface area contributed by atoms with Crippen LogP contribution in [-0.4, -0.2) is 23.1 Å². The molecule has 0 aliphatic carbocycles. The number of hydrogen-bond acceptors (Lipinski definition) is 4. The van der Waals surface area contributed by atoms with E-state index >= 15 is 0 Å². The van der Waals surface area contributed by atoms with Crippen molar-refractivity contribution in [2.45, 2.75) is 59.8 Å². The summed E-state index contributed by atoms with van der Waals surface area (Å²) in [6, 6.07) is 0. The lowest BCUT2D eigenvalue weighted by atomic mass is 10.0. The fourth-order valence-corrected chi connectivity index (χ4v) is 2.21. The van der Waals surface area contributed by atoms with Crippen LogP contribution in [0.5, 0.6) is 0 Å². The molecule has 0 spiro atoms. The van der Waals surface area contributed by atoms with Crippen molar-refractivity contribution in [1.29, 1.82) is 0 Å². The second kappa shape index (κ2) is 9.56. The maximum Gasteiger partial charge on any atom is 0.134 e. The van der Waals surface area contributed by atoms with Gasteiger partial charge in [0.2, 0.25) is 0 Å². The Morgan fingerprint density at radius 2 is 1.65 bits per heavy atom. The Labute approximate surface area is 123 Å². The minimum absolute atomic E-state index is 0.835. The molecular weight excluding hydrogens is 248 g/mol. The summed E-state index contributed by atoms with van der Waals surface area (Å²) in [5.41, 5.74) is 1.11. The molecule has 4 nitrogen and oxygen atoms in total. The van der Waals surface area contributed by atoms with Gasteiger partial charge in [-0.1, -0.05) is 39.5 Å². The van der Waals surface area contributed by atoms with Crippen molar-refractivity contribution in [2.75, 3.05) is 23.7 Å². The van der Waals surface area contributed by atoms with Crippen molar-refractivity contribution < 1.29 is 0 Å². The van der Waals surface area contributed by atoms with E-state index in [-0.39, 0.29) is 0 Å². The first-order valence-corrected chi connectivity index (χ1v) is 7.94. The van der Waals surface area contributed by atoms with Crippen LogP contribution in [0.4, 0.5) is 11.6 Å². The highest BCUT2D eigenvalue weighted by Crippen LogP contribution is 2.18. The van der Waals surface area contributed by atoms with Gasteiger partial charge in [-0.25, -0.2) is 9.97 Å². The molecule has 0 fully saturated rings. The summed E-state index contributed by atoms with van der Waals surface area (Å²) in [6.07, 6.45) is 8.17. The summed E-state index contributed by atoms with van der Waals surface area (Å²) < 4.78 is 0. The van der Waals surface area contributed by atoms with Crippen LogP contribution >= 0.6 is 0 Å². The van der Waals surface area contributed by atoms with Crippen molar-refractivity contribution in [1.82, 2.24) is 9.97 Å². The van der Waals surface area contributed by atoms with E-state index in [1.807, 2.05) is 0 Å². The molecule has 1 heterocycles. The van der Waals surface area contributed by atoms with Crippen molar-refractivity contribution in [3.63, 3.8) is 0 Å². The monoisotopic (exact) mass is 278 g/mol. The SMILES string of the molecule is CCNc1ncnc(NCCCCCCC(C)C)c1C. The Bertz CT molecular complexity index is 377. The van der Waals surface area contributed by atoms with E-state index in [2.05, 4.69) is 48.3 Å². The van der Waals surface area contributed by atoms with Gasteiger partial charge in [0.25, 0.3) is 0 Å². The van der Waals surface area contributed by atoms with E-state index in [1.54, 1.807) is 6.33 Å². The third-order valence-corrected chi connectivity index (χ3v) is 3.43. The van der Waals surface area contributed by atoms with Gasteiger partial charge in [-0.15, -0.1) is 0 Å². The Kier molecular flexibility index (Phi) is 8.00. The van der Waals surface area contributed by atoms with E-state index in [1.165, 1.54) is 32.1 Å². The Morgan fingerprint density at radius 1 is 1.00 bits per heavy atom. The largest absolute Gasteiger partial charge is 0.370 e. The standard InChI is InChI=1S/C16H30N4/c1-5-17-15-14(4)16(20-12-19-15)18-11-9-7-6-8-10-13(2)3/h12-13H,5-11H2,1-4H3,(H2,17,18,19,20). The quantitative estimate of drug-likeness (QED) is 0.629. The molecule has 0 aliphatic heterocycles. The fourth-order valence-electron chi connectivity index (χ4n) is 2.21. The number of unbranched alkanes of at least 4 members (excludes halogenated alkanes) is 3. The van der Waals surface area contributed by atoms with Gasteiger partial charge in [-0.2, -0.15) is 0 Å². The first kappa shape index (κ1) is 16.7. The van der Waals surface area contributed by atoms with Crippen LogP contribution in [0.3, 0.4) is 0 Å². The van der Waals surface area contributed by atoms with Crippen molar-refractivity contribution in [3.8, 4) is 0 Å². The predicted octanol–water partition coefficient (Wildman–Crippen LogP) is 4.24. The fraction of sp³-hybridized carbons (Fsp3) is 0.750. The topological polar surface area (TPSA) is 49.8 Å². The molecule has 0 aromatic carbocycles. The van der Waals surface area contributed by atoms with Gasteiger partial charge < -0.3 is 10.6 Å². The highest BCUT2D eigenvalue weighted by molar-refractivity contribution is 5.56. The van der Waals surface area contributed by atoms with Gasteiger partial charge in [-0.3, -0.25) is 0 Å². The third kappa shape index (κ3) is 6.22. The lowest BCUT2D eigenvalue weighted by molar-refractivity contribution is 0.523. The van der Waals surface area contributed by atoms with E-state index in [4.69, 9.17) is 0 Å². The molecule has 2 N–H and O–H groups in total. The molecule has 4 heteroatoms. The molecule has 0 atom stereocenters. The molecule has 0 saturated carbocycles. The van der Waals surface area contributed by atoms with E-state index in [9.17, 15) is 0 Å². The first-order chi connectivity index (χ1) is 9.65. The van der Waals surface area contributed by atoms with Gasteiger partial charge in [-0.05, 0) is 26.2 Å². The molecule has 1 aromatic heterocycles. The average Bonchev–Trinajstić information content (AvgIpc) is 2.41. The lowest BCUT2D eigenvalue weighted by Gasteiger charge is -2.11. The lowest BCUT2D eigenvalue weighted by Crippen LogP contribution is -2.09. The van der Waals surface area contributed by atoms with Crippen LogP contribution in [0, 0.1) is 12.8 Å². The van der Waals surface area contributed by atoms with Gasteiger partial charge in [0.05, 0.1) is 0 Å².